The maximum atomic E-state index is 16.6. The first-order chi connectivity index (χ1) is 50.4. The Morgan fingerprint density at radius 2 is 1.09 bits per heavy atom. The van der Waals surface area contributed by atoms with Gasteiger partial charge in [0.05, 0.1) is 44.1 Å². The fourth-order valence-electron chi connectivity index (χ4n) is 13.0. The Kier molecular flexibility index (Phi) is 16.9. The van der Waals surface area contributed by atoms with Crippen LogP contribution in [0.2, 0.25) is 0 Å². The molecule has 4 aliphatic rings. The van der Waals surface area contributed by atoms with Crippen molar-refractivity contribution in [3.05, 3.63) is 207 Å². The third-order valence-corrected chi connectivity index (χ3v) is 18.2. The Morgan fingerprint density at radius 1 is 0.583 bits per heavy atom. The van der Waals surface area contributed by atoms with E-state index in [1.54, 1.807) is 50.3 Å². The third kappa shape index (κ3) is 12.2. The molecule has 0 radical (unpaired) electrons. The molecule has 4 aliphatic heterocycles. The van der Waals surface area contributed by atoms with Crippen LogP contribution in [0.4, 0.5) is 36.7 Å². The highest BCUT2D eigenvalue weighted by Gasteiger charge is 2.31. The van der Waals surface area contributed by atoms with Gasteiger partial charge in [-0.05, 0) is 55.6 Å². The van der Waals surface area contributed by atoms with Crippen LogP contribution in [-0.2, 0) is 43.6 Å². The molecule has 4 N–H and O–H groups in total. The number of nitrogens with zero attached hydrogens (tertiary/aromatic N) is 18. The lowest BCUT2D eigenvalue weighted by atomic mass is 9.97. The Morgan fingerprint density at radius 3 is 1.65 bits per heavy atom. The van der Waals surface area contributed by atoms with E-state index in [1.165, 1.54) is 49.0 Å². The third-order valence-electron chi connectivity index (χ3n) is 18.2. The van der Waals surface area contributed by atoms with Gasteiger partial charge in [-0.25, -0.2) is 53.0 Å². The van der Waals surface area contributed by atoms with Gasteiger partial charge in [0.25, 0.3) is 0 Å². The summed E-state index contributed by atoms with van der Waals surface area (Å²) in [5, 5.41) is 45.2. The number of rotatable bonds is 23. The van der Waals surface area contributed by atoms with Crippen LogP contribution < -0.4 is 50.2 Å². The van der Waals surface area contributed by atoms with E-state index in [-0.39, 0.29) is 55.2 Å². The summed E-state index contributed by atoms with van der Waals surface area (Å²) in [7, 11) is 5.45. The molecule has 0 fully saturated rings. The highest BCUT2D eigenvalue weighted by Crippen LogP contribution is 2.43. The van der Waals surface area contributed by atoms with Gasteiger partial charge in [-0.1, -0.05) is 36.4 Å². The molecule has 31 heteroatoms. The van der Waals surface area contributed by atoms with Crippen molar-refractivity contribution < 1.29 is 41.6 Å². The van der Waals surface area contributed by atoms with Gasteiger partial charge in [-0.2, -0.15) is 15.8 Å². The molecule has 103 heavy (non-hydrogen) atoms. The lowest BCUT2D eigenvalue weighted by Gasteiger charge is -2.31. The number of nitrogens with one attached hydrogen (secondary N) is 4. The van der Waals surface area contributed by atoms with Crippen molar-refractivity contribution >= 4 is 46.3 Å². The lowest BCUT2D eigenvalue weighted by Crippen LogP contribution is -2.34. The first-order valence-electron chi connectivity index (χ1n) is 32.6. The largest absolute Gasteiger partial charge is 0.493 e. The van der Waals surface area contributed by atoms with Crippen molar-refractivity contribution in [3.63, 3.8) is 0 Å². The smallest absolute Gasteiger partial charge is 0.316 e. The number of nitriles is 3. The molecule has 1 unspecified atom stereocenters. The Bertz CT molecular complexity index is 5510. The van der Waals surface area contributed by atoms with Crippen LogP contribution in [0.3, 0.4) is 0 Å². The second-order valence-corrected chi connectivity index (χ2v) is 24.5. The number of methoxy groups -OCH3 is 1. The number of ether oxygens (including phenoxy) is 6. The van der Waals surface area contributed by atoms with Gasteiger partial charge < -0.3 is 65.0 Å². The number of likely N-dealkylation sites (N-methyl/N-ethyl adjacent to an activating group) is 1. The van der Waals surface area contributed by atoms with Gasteiger partial charge in [0.2, 0.25) is 17.8 Å². The van der Waals surface area contributed by atoms with Gasteiger partial charge in [-0.15, -0.1) is 0 Å². The Balaban J connectivity index is 0.565. The molecule has 0 bridgehead atoms. The van der Waals surface area contributed by atoms with Crippen LogP contribution >= 0.6 is 0 Å². The van der Waals surface area contributed by atoms with Crippen molar-refractivity contribution in [3.8, 4) is 80.6 Å². The van der Waals surface area contributed by atoms with Gasteiger partial charge >= 0.3 is 6.01 Å². The summed E-state index contributed by atoms with van der Waals surface area (Å²) in [6, 6.07) is 27.0. The second kappa shape index (κ2) is 27.1. The number of hydrogen-bond donors (Lipinski definition) is 4. The van der Waals surface area contributed by atoms with Crippen molar-refractivity contribution in [2.24, 2.45) is 5.10 Å². The van der Waals surface area contributed by atoms with E-state index in [0.717, 1.165) is 23.4 Å². The van der Waals surface area contributed by atoms with Crippen LogP contribution in [0.15, 0.2) is 127 Å². The van der Waals surface area contributed by atoms with E-state index < -0.39 is 17.7 Å². The highest BCUT2D eigenvalue weighted by atomic mass is 19.1. The van der Waals surface area contributed by atoms with E-state index in [4.69, 9.17) is 38.4 Å². The fourth-order valence-corrected chi connectivity index (χ4v) is 13.0. The molecule has 16 rings (SSSR count). The minimum absolute atomic E-state index is 0.00778. The molecule has 11 heterocycles. The second-order valence-electron chi connectivity index (χ2n) is 24.5. The Hall–Kier alpha value is -13.3. The number of halogens is 3. The van der Waals surface area contributed by atoms with Gasteiger partial charge in [0, 0.05) is 156 Å². The number of benzene rings is 5. The average molecular weight is 1380 g/mol. The summed E-state index contributed by atoms with van der Waals surface area (Å²) in [5.41, 5.74) is 17.9. The zero-order valence-corrected chi connectivity index (χ0v) is 55.2. The van der Waals surface area contributed by atoms with Crippen LogP contribution in [0.5, 0.6) is 29.0 Å². The molecule has 5 aromatic carbocycles. The van der Waals surface area contributed by atoms with Crippen molar-refractivity contribution in [1.82, 2.24) is 63.4 Å². The molecule has 0 amide bonds. The summed E-state index contributed by atoms with van der Waals surface area (Å²) in [6.45, 7) is 2.44. The van der Waals surface area contributed by atoms with Gasteiger partial charge in [0.15, 0.2) is 34.0 Å². The molecule has 0 aliphatic carbocycles. The predicted molar refractivity (Wildman–Crippen MR) is 369 cm³/mol. The number of hydrazine groups is 1. The molecule has 514 valence electrons. The molecule has 1 atom stereocenters. The van der Waals surface area contributed by atoms with E-state index >= 15 is 8.78 Å². The van der Waals surface area contributed by atoms with Crippen LogP contribution in [0.25, 0.3) is 55.9 Å². The standard InChI is InChI=1S/C72H58F3N22O6/c1-93(2)17-21-99-46-10-8-40(9-11-46)52-30-80-70(95-36-44(25-77)88-67(52)95)84-34-56-49-16-20-102-64(49)60(23-59(56)75)97-91-65(90-92-97)41-6-4-39(5-7-41)51-29-79-69(94-35-43(24-76)87-66(51)94)83-33-55-48-15-19-101-63(48)50(22-58(55)74)62(98-3)38-103-72-85-27-42(28-86-72)53-31-81-71(96-37-45(26-78)89-68(53)96)82-32-54-47-14-18-100-61(47)13-12-57(54)73/h4-13,22-23,27-31,35-37,62H,14-21,32-34,38H2,1-3H3,(H,79,83)(H,80,84)(H,81,82)(H,90,91)/q-1. The average Bonchev–Trinajstić information content (AvgIpc) is 1.56. The van der Waals surface area contributed by atoms with E-state index in [1.807, 2.05) is 67.5 Å². The van der Waals surface area contributed by atoms with Crippen LogP contribution in [0.1, 0.15) is 67.7 Å². The normalized spacial score (nSPS) is 13.6. The number of hydrogen-bond acceptors (Lipinski definition) is 24. The lowest BCUT2D eigenvalue weighted by molar-refractivity contribution is 0.0521. The number of amidine groups is 1. The zero-order valence-electron chi connectivity index (χ0n) is 55.2. The molecule has 28 nitrogen and oxygen atoms in total. The van der Waals surface area contributed by atoms with E-state index in [9.17, 15) is 20.2 Å². The molecular weight excluding hydrogens is 1330 g/mol. The van der Waals surface area contributed by atoms with Crippen molar-refractivity contribution in [2.45, 2.75) is 45.0 Å². The first-order valence-corrected chi connectivity index (χ1v) is 32.6. The fraction of sp³-hybridized carbons (Fsp3) is 0.222. The maximum absolute atomic E-state index is 16.6. The summed E-state index contributed by atoms with van der Waals surface area (Å²) < 4.78 is 88.7. The minimum atomic E-state index is -0.808. The zero-order chi connectivity index (χ0) is 70.4. The van der Waals surface area contributed by atoms with Crippen molar-refractivity contribution in [2.75, 3.05) is 81.9 Å². The summed E-state index contributed by atoms with van der Waals surface area (Å²) in [5.74, 6) is 2.27. The summed E-state index contributed by atoms with van der Waals surface area (Å²) in [4.78, 5) is 38.7. The van der Waals surface area contributed by atoms with Gasteiger partial charge in [0.1, 0.15) is 83.8 Å². The number of aromatic nitrogens is 11. The van der Waals surface area contributed by atoms with Crippen LogP contribution in [0, 0.1) is 51.4 Å². The summed E-state index contributed by atoms with van der Waals surface area (Å²) >= 11 is 0. The van der Waals surface area contributed by atoms with E-state index in [0.29, 0.717) is 176 Å². The quantitative estimate of drug-likeness (QED) is 0.0462. The topological polar surface area (TPSA) is 324 Å². The molecule has 12 aromatic rings. The monoisotopic (exact) mass is 1380 g/mol. The predicted octanol–water partition coefficient (Wildman–Crippen LogP) is 9.96. The number of imidazole rings is 3. The minimum Gasteiger partial charge on any atom is -0.493 e. The van der Waals surface area contributed by atoms with Crippen molar-refractivity contribution in [1.29, 1.82) is 15.8 Å². The van der Waals surface area contributed by atoms with Crippen LogP contribution in [-0.4, -0.2) is 125 Å². The van der Waals surface area contributed by atoms with E-state index in [2.05, 4.69) is 80.1 Å². The maximum Gasteiger partial charge on any atom is 0.316 e. The SMILES string of the molecule is COC(COc1ncc(-c2cnc(NCc3c(F)ccc4c3CCO4)n3cc(C#N)nc23)cn1)c1cc(F)c(CNc2ncc(-c3ccc(C4=N[N-]N(c5cc(F)c(CNc6ncc(-c7ccc(OCCN(C)C)cc7)c7nc(C#N)cn67)c6c5OCC6)N4)cc3)c3nc(C#N)cn23)c2c1OCC2. The molecule has 0 saturated heterocycles. The Labute approximate surface area is 584 Å². The molecule has 0 spiro atoms. The highest BCUT2D eigenvalue weighted by molar-refractivity contribution is 6.02. The number of fused-ring (bicyclic) bond motifs is 6. The molecular formula is C72H58F3N22O6-. The molecule has 0 saturated carbocycles. The summed E-state index contributed by atoms with van der Waals surface area (Å²) in [6.07, 6.45) is 13.2. The number of anilines is 4. The molecule has 7 aromatic heterocycles. The van der Waals surface area contributed by atoms with Gasteiger partial charge in [-0.3, -0.25) is 18.6 Å². The first kappa shape index (κ1) is 64.4.